The van der Waals surface area contributed by atoms with Gasteiger partial charge in [-0.15, -0.1) is 0 Å². The maximum absolute atomic E-state index is 13.8. The van der Waals surface area contributed by atoms with E-state index in [1.807, 2.05) is 42.6 Å². The van der Waals surface area contributed by atoms with Gasteiger partial charge in [-0.3, -0.25) is 9.89 Å². The molecule has 3 heterocycles. The van der Waals surface area contributed by atoms with E-state index >= 15 is 0 Å². The van der Waals surface area contributed by atoms with Crippen LogP contribution in [0.1, 0.15) is 37.7 Å². The summed E-state index contributed by atoms with van der Waals surface area (Å²) in [6, 6.07) is 24.3. The SMILES string of the molecule is O=C(Nc1ccc(Oc2cccc(N3CCCCC3)c2)cc1)C1(c2ccc(-c3cn[nH]c3)cc2)CCNCC1. The Morgan fingerprint density at radius 3 is 2.36 bits per heavy atom. The first-order valence-electron chi connectivity index (χ1n) is 13.9. The first-order valence-corrected chi connectivity index (χ1v) is 13.9. The van der Waals surface area contributed by atoms with Crippen molar-refractivity contribution in [3.05, 3.63) is 90.8 Å². The van der Waals surface area contributed by atoms with Crippen LogP contribution in [-0.4, -0.2) is 42.3 Å². The molecule has 0 aliphatic carbocycles. The Balaban J connectivity index is 1.15. The molecule has 4 aromatic rings. The van der Waals surface area contributed by atoms with Crippen molar-refractivity contribution in [2.45, 2.75) is 37.5 Å². The third-order valence-electron chi connectivity index (χ3n) is 8.05. The number of piperidine rings is 2. The van der Waals surface area contributed by atoms with Gasteiger partial charge in [0.15, 0.2) is 0 Å². The van der Waals surface area contributed by atoms with Crippen LogP contribution in [0.3, 0.4) is 0 Å². The molecule has 2 aliphatic heterocycles. The van der Waals surface area contributed by atoms with Crippen LogP contribution in [-0.2, 0) is 10.2 Å². The average Bonchev–Trinajstić information content (AvgIpc) is 3.55. The largest absolute Gasteiger partial charge is 0.457 e. The van der Waals surface area contributed by atoms with Crippen LogP contribution in [0, 0.1) is 0 Å². The first-order chi connectivity index (χ1) is 19.2. The monoisotopic (exact) mass is 521 g/mol. The van der Waals surface area contributed by atoms with Crippen molar-refractivity contribution in [2.24, 2.45) is 0 Å². The Morgan fingerprint density at radius 2 is 1.64 bits per heavy atom. The van der Waals surface area contributed by atoms with Crippen molar-refractivity contribution < 1.29 is 9.53 Å². The highest BCUT2D eigenvalue weighted by molar-refractivity contribution is 5.99. The van der Waals surface area contributed by atoms with E-state index in [4.69, 9.17) is 4.74 Å². The maximum Gasteiger partial charge on any atom is 0.235 e. The fourth-order valence-electron chi connectivity index (χ4n) is 5.78. The molecule has 2 fully saturated rings. The lowest BCUT2D eigenvalue weighted by Crippen LogP contribution is -2.48. The van der Waals surface area contributed by atoms with E-state index < -0.39 is 5.41 Å². The molecule has 0 atom stereocenters. The van der Waals surface area contributed by atoms with Gasteiger partial charge >= 0.3 is 0 Å². The summed E-state index contributed by atoms with van der Waals surface area (Å²) in [5.41, 5.74) is 4.55. The van der Waals surface area contributed by atoms with E-state index in [9.17, 15) is 4.79 Å². The number of nitrogens with zero attached hydrogens (tertiary/aromatic N) is 2. The number of benzene rings is 3. The lowest BCUT2D eigenvalue weighted by Gasteiger charge is -2.37. The minimum atomic E-state index is -0.579. The van der Waals surface area contributed by atoms with Gasteiger partial charge in [0.05, 0.1) is 11.6 Å². The molecule has 3 N–H and O–H groups in total. The highest BCUT2D eigenvalue weighted by Crippen LogP contribution is 2.36. The zero-order chi connectivity index (χ0) is 26.5. The molecule has 0 spiro atoms. The summed E-state index contributed by atoms with van der Waals surface area (Å²) in [6.07, 6.45) is 8.98. The molecule has 0 saturated carbocycles. The Bertz CT molecular complexity index is 1370. The van der Waals surface area contributed by atoms with Gasteiger partial charge < -0.3 is 20.3 Å². The van der Waals surface area contributed by atoms with Gasteiger partial charge in [-0.1, -0.05) is 30.3 Å². The lowest BCUT2D eigenvalue weighted by atomic mass is 9.72. The number of aromatic nitrogens is 2. The van der Waals surface area contributed by atoms with Gasteiger partial charge in [-0.05, 0) is 92.7 Å². The fraction of sp³-hybridized carbons (Fsp3) is 0.312. The van der Waals surface area contributed by atoms with Crippen molar-refractivity contribution in [2.75, 3.05) is 36.4 Å². The van der Waals surface area contributed by atoms with Crippen LogP contribution in [0.2, 0.25) is 0 Å². The summed E-state index contributed by atoms with van der Waals surface area (Å²) in [5, 5.41) is 13.5. The molecule has 7 heteroatoms. The molecule has 6 rings (SSSR count). The van der Waals surface area contributed by atoms with Gasteiger partial charge in [-0.2, -0.15) is 5.10 Å². The number of hydrogen-bond acceptors (Lipinski definition) is 5. The number of hydrogen-bond donors (Lipinski definition) is 3. The third-order valence-corrected chi connectivity index (χ3v) is 8.05. The maximum atomic E-state index is 13.8. The predicted molar refractivity (Wildman–Crippen MR) is 155 cm³/mol. The van der Waals surface area contributed by atoms with Crippen molar-refractivity contribution in [3.8, 4) is 22.6 Å². The van der Waals surface area contributed by atoms with Crippen LogP contribution in [0.25, 0.3) is 11.1 Å². The smallest absolute Gasteiger partial charge is 0.235 e. The second kappa shape index (κ2) is 11.3. The number of carbonyl (C=O) groups excluding carboxylic acids is 1. The molecule has 1 amide bonds. The van der Waals surface area contributed by atoms with E-state index in [1.165, 1.54) is 24.9 Å². The van der Waals surface area contributed by atoms with Crippen LogP contribution in [0.4, 0.5) is 11.4 Å². The molecule has 200 valence electrons. The Kier molecular flexibility index (Phi) is 7.32. The predicted octanol–water partition coefficient (Wildman–Crippen LogP) is 6.12. The van der Waals surface area contributed by atoms with Crippen LogP contribution < -0.4 is 20.3 Å². The normalized spacial score (nSPS) is 17.0. The number of nitrogens with one attached hydrogen (secondary N) is 3. The second-order valence-corrected chi connectivity index (χ2v) is 10.5. The Morgan fingerprint density at radius 1 is 0.872 bits per heavy atom. The van der Waals surface area contributed by atoms with Crippen LogP contribution in [0.5, 0.6) is 11.5 Å². The van der Waals surface area contributed by atoms with Gasteiger partial charge in [0.2, 0.25) is 5.91 Å². The number of H-pyrrole nitrogens is 1. The van der Waals surface area contributed by atoms with Gasteiger partial charge in [0.25, 0.3) is 0 Å². The summed E-state index contributed by atoms with van der Waals surface area (Å²) < 4.78 is 6.16. The number of amides is 1. The molecule has 7 nitrogen and oxygen atoms in total. The zero-order valence-corrected chi connectivity index (χ0v) is 22.2. The van der Waals surface area contributed by atoms with Gasteiger partial charge in [-0.25, -0.2) is 0 Å². The minimum Gasteiger partial charge on any atom is -0.457 e. The topological polar surface area (TPSA) is 82.3 Å². The summed E-state index contributed by atoms with van der Waals surface area (Å²) in [6.45, 7) is 3.81. The molecule has 2 aliphatic rings. The van der Waals surface area contributed by atoms with E-state index in [2.05, 4.69) is 62.1 Å². The van der Waals surface area contributed by atoms with Crippen LogP contribution >= 0.6 is 0 Å². The van der Waals surface area contributed by atoms with E-state index in [0.29, 0.717) is 0 Å². The second-order valence-electron chi connectivity index (χ2n) is 10.5. The van der Waals surface area contributed by atoms with Crippen molar-refractivity contribution >= 4 is 17.3 Å². The molecule has 0 radical (unpaired) electrons. The zero-order valence-electron chi connectivity index (χ0n) is 22.2. The average molecular weight is 522 g/mol. The molecule has 0 unspecified atom stereocenters. The van der Waals surface area contributed by atoms with Crippen molar-refractivity contribution in [3.63, 3.8) is 0 Å². The van der Waals surface area contributed by atoms with Crippen LogP contribution in [0.15, 0.2) is 85.2 Å². The van der Waals surface area contributed by atoms with Crippen molar-refractivity contribution in [1.29, 1.82) is 0 Å². The number of aromatic amines is 1. The third kappa shape index (κ3) is 5.54. The summed E-state index contributed by atoms with van der Waals surface area (Å²) >= 11 is 0. The minimum absolute atomic E-state index is 0.0305. The molecule has 39 heavy (non-hydrogen) atoms. The number of ether oxygens (including phenoxy) is 1. The standard InChI is InChI=1S/C32H35N5O2/c38-31(32(15-17-33-18-16-32)26-9-7-24(8-10-26)25-22-34-35-23-25)36-27-11-13-29(14-12-27)39-30-6-4-5-28(21-30)37-19-2-1-3-20-37/h4-14,21-23,33H,1-3,15-20H2,(H,34,35)(H,36,38). The summed E-state index contributed by atoms with van der Waals surface area (Å²) in [4.78, 5) is 16.2. The first kappa shape index (κ1) is 25.2. The Labute approximate surface area is 229 Å². The number of anilines is 2. The molecular formula is C32H35N5O2. The number of rotatable bonds is 7. The summed E-state index contributed by atoms with van der Waals surface area (Å²) in [5.74, 6) is 1.60. The molecule has 1 aromatic heterocycles. The number of carbonyl (C=O) groups is 1. The van der Waals surface area contributed by atoms with Gasteiger partial charge in [0.1, 0.15) is 11.5 Å². The molecule has 2 saturated heterocycles. The van der Waals surface area contributed by atoms with E-state index in [-0.39, 0.29) is 5.91 Å². The fourth-order valence-corrected chi connectivity index (χ4v) is 5.78. The van der Waals surface area contributed by atoms with Gasteiger partial charge in [0, 0.05) is 42.3 Å². The highest BCUT2D eigenvalue weighted by Gasteiger charge is 2.41. The highest BCUT2D eigenvalue weighted by atomic mass is 16.5. The Hall–Kier alpha value is -4.10. The lowest BCUT2D eigenvalue weighted by molar-refractivity contribution is -0.122. The quantitative estimate of drug-likeness (QED) is 0.273. The molecule has 3 aromatic carbocycles. The molecular weight excluding hydrogens is 486 g/mol. The van der Waals surface area contributed by atoms with Crippen molar-refractivity contribution in [1.82, 2.24) is 15.5 Å². The summed E-state index contributed by atoms with van der Waals surface area (Å²) in [7, 11) is 0. The van der Waals surface area contributed by atoms with E-state index in [1.54, 1.807) is 6.20 Å². The van der Waals surface area contributed by atoms with E-state index in [0.717, 1.165) is 72.9 Å². The molecule has 0 bridgehead atoms.